The number of hydrogen-bond donors (Lipinski definition) is 0. The molecule has 0 atom stereocenters. The van der Waals surface area contributed by atoms with Crippen molar-refractivity contribution in [1.29, 1.82) is 0 Å². The highest BCUT2D eigenvalue weighted by Crippen LogP contribution is 2.21. The number of rotatable bonds is 7. The number of hydrogen-bond acceptors (Lipinski definition) is 6. The van der Waals surface area contributed by atoms with Gasteiger partial charge >= 0.3 is 11.7 Å². The van der Waals surface area contributed by atoms with Gasteiger partial charge in [-0.1, -0.05) is 22.0 Å². The van der Waals surface area contributed by atoms with E-state index in [4.69, 9.17) is 9.15 Å². The maximum absolute atomic E-state index is 13.0. The van der Waals surface area contributed by atoms with Crippen LogP contribution >= 0.6 is 15.9 Å². The van der Waals surface area contributed by atoms with Crippen molar-refractivity contribution in [2.75, 3.05) is 0 Å². The number of halogens is 2. The number of benzene rings is 2. The Balaban J connectivity index is 1.57. The van der Waals surface area contributed by atoms with E-state index in [1.165, 1.54) is 41.0 Å². The van der Waals surface area contributed by atoms with Gasteiger partial charge in [-0.2, -0.15) is 0 Å². The quantitative estimate of drug-likeness (QED) is 0.305. The van der Waals surface area contributed by atoms with Gasteiger partial charge in [0.05, 0.1) is 16.5 Å². The number of ether oxygens (including phenoxy) is 1. The Bertz CT molecular complexity index is 1110. The zero-order valence-corrected chi connectivity index (χ0v) is 16.0. The summed E-state index contributed by atoms with van der Waals surface area (Å²) in [7, 11) is 0. The summed E-state index contributed by atoms with van der Waals surface area (Å²) in [4.78, 5) is 34.1. The number of carbonyl (C=O) groups is 1. The van der Waals surface area contributed by atoms with Crippen LogP contribution in [0.1, 0.15) is 18.4 Å². The van der Waals surface area contributed by atoms with E-state index in [2.05, 4.69) is 15.9 Å². The molecule has 0 saturated carbocycles. The minimum atomic E-state index is -0.654. The number of aromatic nitrogens is 1. The SMILES string of the molecule is O=C(CCCn1c(=O)oc2cc([N+](=O)[O-])ccc21)OCc1ccc(F)cc1Br. The molecule has 0 bridgehead atoms. The van der Waals surface area contributed by atoms with Crippen LogP contribution in [0.3, 0.4) is 0 Å². The van der Waals surface area contributed by atoms with Crippen molar-refractivity contribution in [3.63, 3.8) is 0 Å². The van der Waals surface area contributed by atoms with Crippen LogP contribution in [-0.2, 0) is 22.7 Å². The van der Waals surface area contributed by atoms with E-state index in [0.29, 0.717) is 22.0 Å². The lowest BCUT2D eigenvalue weighted by Gasteiger charge is -2.07. The minimum Gasteiger partial charge on any atom is -0.461 e. The van der Waals surface area contributed by atoms with Gasteiger partial charge in [-0.25, -0.2) is 9.18 Å². The van der Waals surface area contributed by atoms with Crippen molar-refractivity contribution in [3.8, 4) is 0 Å². The Kier molecular flexibility index (Phi) is 5.88. The molecule has 0 saturated heterocycles. The van der Waals surface area contributed by atoms with E-state index in [-0.39, 0.29) is 30.8 Å². The Hall–Kier alpha value is -3.01. The largest absolute Gasteiger partial charge is 0.461 e. The van der Waals surface area contributed by atoms with Gasteiger partial charge in [0.1, 0.15) is 12.4 Å². The average Bonchev–Trinajstić information content (AvgIpc) is 2.95. The molecule has 3 rings (SSSR count). The van der Waals surface area contributed by atoms with E-state index >= 15 is 0 Å². The third-order valence-corrected chi connectivity index (χ3v) is 4.77. The first-order valence-corrected chi connectivity index (χ1v) is 9.02. The summed E-state index contributed by atoms with van der Waals surface area (Å²) in [6.07, 6.45) is 0.375. The van der Waals surface area contributed by atoms with Crippen LogP contribution in [0.2, 0.25) is 0 Å². The summed E-state index contributed by atoms with van der Waals surface area (Å²) < 4.78 is 25.0. The van der Waals surface area contributed by atoms with Gasteiger partial charge in [-0.05, 0) is 24.6 Å². The van der Waals surface area contributed by atoms with Gasteiger partial charge in [0, 0.05) is 29.1 Å². The average molecular weight is 453 g/mol. The molecular weight excluding hydrogens is 439 g/mol. The van der Waals surface area contributed by atoms with Gasteiger partial charge in [0.2, 0.25) is 0 Å². The number of nitro groups is 1. The molecule has 0 N–H and O–H groups in total. The van der Waals surface area contributed by atoms with Crippen LogP contribution in [0.4, 0.5) is 10.1 Å². The molecule has 10 heteroatoms. The number of nitrogens with zero attached hydrogens (tertiary/aromatic N) is 2. The molecule has 0 unspecified atom stereocenters. The van der Waals surface area contributed by atoms with Crippen LogP contribution in [0, 0.1) is 15.9 Å². The fourth-order valence-electron chi connectivity index (χ4n) is 2.63. The Morgan fingerprint density at radius 2 is 2.07 bits per heavy atom. The fourth-order valence-corrected chi connectivity index (χ4v) is 3.10. The Morgan fingerprint density at radius 1 is 1.29 bits per heavy atom. The Labute approximate surface area is 165 Å². The molecule has 1 heterocycles. The summed E-state index contributed by atoms with van der Waals surface area (Å²) in [5, 5.41) is 10.8. The van der Waals surface area contributed by atoms with Crippen molar-refractivity contribution in [1.82, 2.24) is 4.57 Å². The van der Waals surface area contributed by atoms with Crippen molar-refractivity contribution >= 4 is 38.7 Å². The van der Waals surface area contributed by atoms with E-state index in [0.717, 1.165) is 0 Å². The number of carbonyl (C=O) groups excluding carboxylic acids is 1. The second-order valence-electron chi connectivity index (χ2n) is 5.93. The molecule has 0 aliphatic heterocycles. The normalized spacial score (nSPS) is 10.9. The van der Waals surface area contributed by atoms with Crippen LogP contribution < -0.4 is 5.76 Å². The van der Waals surface area contributed by atoms with Crippen LogP contribution in [0.5, 0.6) is 0 Å². The van der Waals surface area contributed by atoms with Crippen molar-refractivity contribution in [3.05, 3.63) is 72.9 Å². The molecule has 28 heavy (non-hydrogen) atoms. The van der Waals surface area contributed by atoms with Crippen molar-refractivity contribution in [2.45, 2.75) is 26.0 Å². The first kappa shape index (κ1) is 19.7. The zero-order valence-electron chi connectivity index (χ0n) is 14.4. The number of esters is 1. The summed E-state index contributed by atoms with van der Waals surface area (Å²) >= 11 is 3.20. The zero-order chi connectivity index (χ0) is 20.3. The van der Waals surface area contributed by atoms with Crippen molar-refractivity contribution in [2.24, 2.45) is 0 Å². The predicted molar refractivity (Wildman–Crippen MR) is 100 cm³/mol. The van der Waals surface area contributed by atoms with Gasteiger partial charge in [-0.15, -0.1) is 0 Å². The first-order valence-electron chi connectivity index (χ1n) is 8.22. The lowest BCUT2D eigenvalue weighted by molar-refractivity contribution is -0.384. The summed E-state index contributed by atoms with van der Waals surface area (Å²) in [6, 6.07) is 7.97. The lowest BCUT2D eigenvalue weighted by atomic mass is 10.2. The summed E-state index contributed by atoms with van der Waals surface area (Å²) in [5.41, 5.74) is 0.986. The Morgan fingerprint density at radius 3 is 2.79 bits per heavy atom. The number of oxazole rings is 1. The van der Waals surface area contributed by atoms with Gasteiger partial charge in [-0.3, -0.25) is 19.5 Å². The van der Waals surface area contributed by atoms with Crippen molar-refractivity contribution < 1.29 is 23.3 Å². The van der Waals surface area contributed by atoms with E-state index in [1.54, 1.807) is 0 Å². The molecule has 8 nitrogen and oxygen atoms in total. The molecule has 0 radical (unpaired) electrons. The monoisotopic (exact) mass is 452 g/mol. The first-order chi connectivity index (χ1) is 13.3. The molecule has 1 aromatic heterocycles. The number of nitro benzene ring substituents is 1. The lowest BCUT2D eigenvalue weighted by Crippen LogP contribution is -2.15. The highest BCUT2D eigenvalue weighted by atomic mass is 79.9. The molecule has 0 fully saturated rings. The molecule has 0 amide bonds. The standard InChI is InChI=1S/C18H14BrFN2O6/c19-14-8-12(20)4-3-11(14)10-27-17(23)2-1-7-21-15-6-5-13(22(25)26)9-16(15)28-18(21)24/h3-6,8-9H,1-2,7,10H2. The van der Waals surface area contributed by atoms with Crippen LogP contribution in [0.15, 0.2) is 50.1 Å². The molecule has 0 spiro atoms. The minimum absolute atomic E-state index is 0.00203. The van der Waals surface area contributed by atoms with E-state index in [1.807, 2.05) is 0 Å². The van der Waals surface area contributed by atoms with Gasteiger partial charge in [0.25, 0.3) is 5.69 Å². The maximum atomic E-state index is 13.0. The van der Waals surface area contributed by atoms with Crippen LogP contribution in [-0.4, -0.2) is 15.5 Å². The fraction of sp³-hybridized carbons (Fsp3) is 0.222. The summed E-state index contributed by atoms with van der Waals surface area (Å²) in [5.74, 6) is -1.52. The van der Waals surface area contributed by atoms with Gasteiger partial charge < -0.3 is 9.15 Å². The topological polar surface area (TPSA) is 105 Å². The molecule has 3 aromatic rings. The number of aryl methyl sites for hydroxylation is 1. The summed E-state index contributed by atoms with van der Waals surface area (Å²) in [6.45, 7) is 0.191. The smallest absolute Gasteiger partial charge is 0.419 e. The third kappa shape index (κ3) is 4.45. The second kappa shape index (κ2) is 8.34. The van der Waals surface area contributed by atoms with E-state index < -0.39 is 22.5 Å². The highest BCUT2D eigenvalue weighted by molar-refractivity contribution is 9.10. The number of fused-ring (bicyclic) bond motifs is 1. The molecule has 0 aliphatic carbocycles. The van der Waals surface area contributed by atoms with Crippen LogP contribution in [0.25, 0.3) is 11.1 Å². The van der Waals surface area contributed by atoms with Gasteiger partial charge in [0.15, 0.2) is 5.58 Å². The molecular formula is C18H14BrFN2O6. The maximum Gasteiger partial charge on any atom is 0.419 e. The third-order valence-electron chi connectivity index (χ3n) is 4.03. The molecule has 146 valence electrons. The van der Waals surface area contributed by atoms with E-state index in [9.17, 15) is 24.1 Å². The number of non-ortho nitro benzene ring substituents is 1. The second-order valence-corrected chi connectivity index (χ2v) is 6.78. The predicted octanol–water partition coefficient (Wildman–Crippen LogP) is 3.93. The molecule has 0 aliphatic rings. The highest BCUT2D eigenvalue weighted by Gasteiger charge is 2.14. The molecule has 2 aromatic carbocycles.